The van der Waals surface area contributed by atoms with Gasteiger partial charge in [-0.15, -0.1) is 24.8 Å². The quantitative estimate of drug-likeness (QED) is 0.683. The van der Waals surface area contributed by atoms with Gasteiger partial charge in [0.15, 0.2) is 0 Å². The van der Waals surface area contributed by atoms with Gasteiger partial charge in [-0.25, -0.2) is 0 Å². The van der Waals surface area contributed by atoms with Crippen LogP contribution in [0.3, 0.4) is 0 Å². The number of nitrogens with two attached hydrogens (primary N) is 2. The van der Waals surface area contributed by atoms with Crippen LogP contribution in [0.4, 0.5) is 5.82 Å². The maximum absolute atomic E-state index is 5.53. The Balaban J connectivity index is 0. The van der Waals surface area contributed by atoms with Crippen molar-refractivity contribution >= 4 is 30.6 Å². The van der Waals surface area contributed by atoms with Gasteiger partial charge in [-0.1, -0.05) is 0 Å². The second kappa shape index (κ2) is 5.23. The minimum Gasteiger partial charge on any atom is -0.384 e. The smallest absolute Gasteiger partial charge is 0.125 e. The molecule has 0 aliphatic rings. The molecule has 1 aromatic heterocycles. The molecule has 0 aliphatic heterocycles. The van der Waals surface area contributed by atoms with Gasteiger partial charge >= 0.3 is 0 Å². The summed E-state index contributed by atoms with van der Waals surface area (Å²) in [5.41, 5.74) is 11.8. The van der Waals surface area contributed by atoms with Crippen LogP contribution in [-0.4, -0.2) is 9.78 Å². The number of aryl methyl sites for hydroxylation is 1. The van der Waals surface area contributed by atoms with E-state index in [1.807, 2.05) is 0 Å². The molecule has 0 aliphatic carbocycles. The molecule has 0 saturated heterocycles. The Bertz CT molecular complexity index is 210. The summed E-state index contributed by atoms with van der Waals surface area (Å²) in [7, 11) is 1.79. The topological polar surface area (TPSA) is 69.9 Å². The summed E-state index contributed by atoms with van der Waals surface area (Å²) in [4.78, 5) is 0. The Hall–Kier alpha value is -0.450. The number of halogens is 2. The van der Waals surface area contributed by atoms with Gasteiger partial charge in [0, 0.05) is 19.2 Å². The van der Waals surface area contributed by atoms with Gasteiger partial charge in [-0.2, -0.15) is 5.10 Å². The first-order valence-electron chi connectivity index (χ1n) is 2.72. The fraction of sp³-hybridized carbons (Fsp3) is 0.400. The standard InChI is InChI=1S/C5H10N4.2ClH/c1-9-5(7)4(2-6)3-8-9;;/h3H,2,6-7H2,1H3;2*1H. The number of hydrogen-bond acceptors (Lipinski definition) is 3. The first kappa shape index (κ1) is 13.2. The van der Waals surface area contributed by atoms with Gasteiger partial charge in [0.05, 0.1) is 6.20 Å². The molecule has 0 amide bonds. The summed E-state index contributed by atoms with van der Waals surface area (Å²) in [5, 5.41) is 3.90. The number of rotatable bonds is 1. The van der Waals surface area contributed by atoms with Crippen molar-refractivity contribution in [2.75, 3.05) is 5.73 Å². The van der Waals surface area contributed by atoms with Crippen LogP contribution in [0.5, 0.6) is 0 Å². The highest BCUT2D eigenvalue weighted by molar-refractivity contribution is 5.85. The molecule has 1 heterocycles. The van der Waals surface area contributed by atoms with Crippen LogP contribution in [0.2, 0.25) is 0 Å². The van der Waals surface area contributed by atoms with Crippen molar-refractivity contribution < 1.29 is 0 Å². The normalized spacial score (nSPS) is 8.18. The fourth-order valence-corrected chi connectivity index (χ4v) is 0.650. The molecule has 0 spiro atoms. The molecule has 0 radical (unpaired) electrons. The molecule has 0 aromatic carbocycles. The third kappa shape index (κ3) is 2.57. The maximum Gasteiger partial charge on any atom is 0.125 e. The number of nitrogen functional groups attached to an aromatic ring is 1. The molecular formula is C5H12Cl2N4. The largest absolute Gasteiger partial charge is 0.384 e. The molecule has 4 N–H and O–H groups in total. The minimum atomic E-state index is 0. The molecule has 0 bridgehead atoms. The molecule has 0 fully saturated rings. The summed E-state index contributed by atoms with van der Waals surface area (Å²) in [6, 6.07) is 0. The highest BCUT2D eigenvalue weighted by atomic mass is 35.5. The maximum atomic E-state index is 5.53. The van der Waals surface area contributed by atoms with E-state index < -0.39 is 0 Å². The van der Waals surface area contributed by atoms with E-state index in [-0.39, 0.29) is 24.8 Å². The number of anilines is 1. The number of aromatic nitrogens is 2. The molecular weight excluding hydrogens is 187 g/mol. The Morgan fingerprint density at radius 1 is 1.55 bits per heavy atom. The summed E-state index contributed by atoms with van der Waals surface area (Å²) < 4.78 is 1.60. The summed E-state index contributed by atoms with van der Waals surface area (Å²) in [6.07, 6.45) is 1.68. The van der Waals surface area contributed by atoms with Crippen molar-refractivity contribution in [1.29, 1.82) is 0 Å². The van der Waals surface area contributed by atoms with E-state index in [1.54, 1.807) is 17.9 Å². The molecule has 6 heteroatoms. The lowest BCUT2D eigenvalue weighted by Crippen LogP contribution is -2.02. The van der Waals surface area contributed by atoms with E-state index in [2.05, 4.69) is 5.10 Å². The van der Waals surface area contributed by atoms with E-state index in [0.29, 0.717) is 12.4 Å². The second-order valence-electron chi connectivity index (χ2n) is 1.88. The molecule has 1 aromatic rings. The molecule has 11 heavy (non-hydrogen) atoms. The summed E-state index contributed by atoms with van der Waals surface area (Å²) in [6.45, 7) is 0.458. The molecule has 0 saturated carbocycles. The van der Waals surface area contributed by atoms with Crippen LogP contribution >= 0.6 is 24.8 Å². The first-order chi connectivity index (χ1) is 4.25. The van der Waals surface area contributed by atoms with Crippen molar-refractivity contribution in [3.8, 4) is 0 Å². The van der Waals surface area contributed by atoms with Gasteiger partial charge in [-0.05, 0) is 0 Å². The van der Waals surface area contributed by atoms with Crippen LogP contribution in [0.15, 0.2) is 6.20 Å². The zero-order valence-electron chi connectivity index (χ0n) is 6.15. The summed E-state index contributed by atoms with van der Waals surface area (Å²) in [5.74, 6) is 0.650. The van der Waals surface area contributed by atoms with Crippen LogP contribution < -0.4 is 11.5 Å². The Morgan fingerprint density at radius 3 is 2.27 bits per heavy atom. The third-order valence-corrected chi connectivity index (χ3v) is 1.28. The molecule has 0 atom stereocenters. The molecule has 1 rings (SSSR count). The Morgan fingerprint density at radius 2 is 2.09 bits per heavy atom. The van der Waals surface area contributed by atoms with Crippen LogP contribution in [0.25, 0.3) is 0 Å². The van der Waals surface area contributed by atoms with Gasteiger partial charge < -0.3 is 11.5 Å². The van der Waals surface area contributed by atoms with Crippen molar-refractivity contribution in [3.05, 3.63) is 11.8 Å². The van der Waals surface area contributed by atoms with Crippen LogP contribution in [0, 0.1) is 0 Å². The fourth-order valence-electron chi connectivity index (χ4n) is 0.650. The predicted molar refractivity (Wildman–Crippen MR) is 50.0 cm³/mol. The SMILES string of the molecule is Cl.Cl.Cn1ncc(CN)c1N. The van der Waals surface area contributed by atoms with Crippen molar-refractivity contribution in [1.82, 2.24) is 9.78 Å². The van der Waals surface area contributed by atoms with E-state index in [1.165, 1.54) is 0 Å². The zero-order chi connectivity index (χ0) is 6.85. The zero-order valence-corrected chi connectivity index (χ0v) is 7.78. The van der Waals surface area contributed by atoms with Crippen LogP contribution in [0.1, 0.15) is 5.56 Å². The van der Waals surface area contributed by atoms with Gasteiger partial charge in [-0.3, -0.25) is 4.68 Å². The highest BCUT2D eigenvalue weighted by Gasteiger charge is 1.99. The van der Waals surface area contributed by atoms with Crippen molar-refractivity contribution in [3.63, 3.8) is 0 Å². The molecule has 4 nitrogen and oxygen atoms in total. The molecule has 0 unspecified atom stereocenters. The Labute approximate surface area is 77.8 Å². The minimum absolute atomic E-state index is 0. The predicted octanol–water partition coefficient (Wildman–Crippen LogP) is 0.305. The Kier molecular flexibility index (Phi) is 6.26. The lowest BCUT2D eigenvalue weighted by molar-refractivity contribution is 0.778. The average Bonchev–Trinajstić information content (AvgIpc) is 2.15. The third-order valence-electron chi connectivity index (χ3n) is 1.28. The van der Waals surface area contributed by atoms with Gasteiger partial charge in [0.1, 0.15) is 5.82 Å². The van der Waals surface area contributed by atoms with Gasteiger partial charge in [0.2, 0.25) is 0 Å². The average molecular weight is 199 g/mol. The van der Waals surface area contributed by atoms with E-state index in [4.69, 9.17) is 11.5 Å². The van der Waals surface area contributed by atoms with Crippen LogP contribution in [-0.2, 0) is 13.6 Å². The monoisotopic (exact) mass is 198 g/mol. The van der Waals surface area contributed by atoms with E-state index in [0.717, 1.165) is 5.56 Å². The van der Waals surface area contributed by atoms with E-state index in [9.17, 15) is 0 Å². The number of hydrogen-bond donors (Lipinski definition) is 2. The lowest BCUT2D eigenvalue weighted by Gasteiger charge is -1.93. The molecule has 66 valence electrons. The highest BCUT2D eigenvalue weighted by Crippen LogP contribution is 2.06. The second-order valence-corrected chi connectivity index (χ2v) is 1.88. The summed E-state index contributed by atoms with van der Waals surface area (Å²) >= 11 is 0. The first-order valence-corrected chi connectivity index (χ1v) is 2.72. The van der Waals surface area contributed by atoms with E-state index >= 15 is 0 Å². The number of nitrogens with zero attached hydrogens (tertiary/aromatic N) is 2. The van der Waals surface area contributed by atoms with Crippen molar-refractivity contribution in [2.24, 2.45) is 12.8 Å². The van der Waals surface area contributed by atoms with Crippen molar-refractivity contribution in [2.45, 2.75) is 6.54 Å². The lowest BCUT2D eigenvalue weighted by atomic mass is 10.3. The van der Waals surface area contributed by atoms with Gasteiger partial charge in [0.25, 0.3) is 0 Å².